The van der Waals surface area contributed by atoms with Gasteiger partial charge in [0, 0.05) is 6.54 Å². The topological polar surface area (TPSA) is 54.0 Å². The van der Waals surface area contributed by atoms with Crippen LogP contribution in [-0.2, 0) is 17.8 Å². The van der Waals surface area contributed by atoms with Crippen molar-refractivity contribution in [3.05, 3.63) is 45.4 Å². The summed E-state index contributed by atoms with van der Waals surface area (Å²) in [5.74, 6) is -0.0312. The molecule has 2 N–H and O–H groups in total. The van der Waals surface area contributed by atoms with Crippen molar-refractivity contribution >= 4 is 38.3 Å². The minimum absolute atomic E-state index is 0.0312. The number of anilines is 1. The summed E-state index contributed by atoms with van der Waals surface area (Å²) < 4.78 is 0.907. The summed E-state index contributed by atoms with van der Waals surface area (Å²) >= 11 is 4.74. The number of thiazole rings is 1. The monoisotopic (exact) mass is 337 g/mol. The molecule has 0 saturated carbocycles. The number of halogens is 1. The Morgan fingerprint density at radius 2 is 2.21 bits per heavy atom. The van der Waals surface area contributed by atoms with Crippen LogP contribution in [0.3, 0.4) is 0 Å². The lowest BCUT2D eigenvalue weighted by Crippen LogP contribution is -2.44. The summed E-state index contributed by atoms with van der Waals surface area (Å²) in [4.78, 5) is 16.3. The lowest BCUT2D eigenvalue weighted by molar-refractivity contribution is -0.118. The second-order valence-electron chi connectivity index (χ2n) is 4.37. The Kier molecular flexibility index (Phi) is 3.63. The van der Waals surface area contributed by atoms with Gasteiger partial charge in [0.25, 0.3) is 0 Å². The Morgan fingerprint density at radius 1 is 1.42 bits per heavy atom. The molecule has 98 valence electrons. The first kappa shape index (κ1) is 12.8. The molecule has 2 aromatic rings. The molecule has 0 bridgehead atoms. The minimum atomic E-state index is -0.197. The predicted octanol–water partition coefficient (Wildman–Crippen LogP) is 2.56. The van der Waals surface area contributed by atoms with E-state index in [2.05, 4.69) is 43.7 Å². The number of amides is 1. The molecule has 0 saturated heterocycles. The zero-order valence-electron chi connectivity index (χ0n) is 10.0. The lowest BCUT2D eigenvalue weighted by atomic mass is 9.95. The van der Waals surface area contributed by atoms with E-state index in [0.717, 1.165) is 10.3 Å². The molecule has 6 heteroatoms. The number of nitrogens with zero attached hydrogens (tertiary/aromatic N) is 1. The average Bonchev–Trinajstić information content (AvgIpc) is 2.83. The molecule has 1 aliphatic rings. The third-order valence-corrected chi connectivity index (χ3v) is 4.50. The summed E-state index contributed by atoms with van der Waals surface area (Å²) in [6.07, 6.45) is 2.40. The van der Waals surface area contributed by atoms with Crippen molar-refractivity contribution in [3.63, 3.8) is 0 Å². The van der Waals surface area contributed by atoms with Gasteiger partial charge in [0.15, 0.2) is 5.13 Å². The highest BCUT2D eigenvalue weighted by Crippen LogP contribution is 2.24. The van der Waals surface area contributed by atoms with Crippen molar-refractivity contribution < 1.29 is 4.79 Å². The van der Waals surface area contributed by atoms with E-state index >= 15 is 0 Å². The van der Waals surface area contributed by atoms with Gasteiger partial charge >= 0.3 is 0 Å². The van der Waals surface area contributed by atoms with Crippen LogP contribution in [0.2, 0.25) is 0 Å². The van der Waals surface area contributed by atoms with Crippen LogP contribution >= 0.6 is 27.3 Å². The first-order chi connectivity index (χ1) is 9.22. The molecule has 4 nitrogen and oxygen atoms in total. The average molecular weight is 338 g/mol. The van der Waals surface area contributed by atoms with Gasteiger partial charge in [0.2, 0.25) is 5.91 Å². The second kappa shape index (κ2) is 5.40. The summed E-state index contributed by atoms with van der Waals surface area (Å²) in [6.45, 7) is 0.732. The van der Waals surface area contributed by atoms with E-state index < -0.39 is 0 Å². The Morgan fingerprint density at radius 3 is 2.95 bits per heavy atom. The van der Waals surface area contributed by atoms with E-state index in [0.29, 0.717) is 11.6 Å². The summed E-state index contributed by atoms with van der Waals surface area (Å²) in [6, 6.07) is 8.01. The number of hydrogen-bond donors (Lipinski definition) is 2. The normalized spacial score (nSPS) is 17.8. The molecule has 3 rings (SSSR count). The Hall–Kier alpha value is -1.24. The molecule has 1 aromatic heterocycles. The lowest BCUT2D eigenvalue weighted by Gasteiger charge is -2.24. The van der Waals surface area contributed by atoms with E-state index in [9.17, 15) is 4.79 Å². The minimum Gasteiger partial charge on any atom is -0.301 e. The van der Waals surface area contributed by atoms with Crippen LogP contribution in [0.4, 0.5) is 5.13 Å². The fourth-order valence-electron chi connectivity index (χ4n) is 2.14. The van der Waals surface area contributed by atoms with Gasteiger partial charge in [-0.3, -0.25) is 4.79 Å². The maximum Gasteiger partial charge on any atom is 0.243 e. The number of fused-ring (bicyclic) bond motifs is 1. The van der Waals surface area contributed by atoms with E-state index in [4.69, 9.17) is 0 Å². The van der Waals surface area contributed by atoms with Gasteiger partial charge in [-0.25, -0.2) is 4.98 Å². The van der Waals surface area contributed by atoms with Crippen LogP contribution < -0.4 is 10.6 Å². The van der Waals surface area contributed by atoms with E-state index in [-0.39, 0.29) is 11.9 Å². The molecule has 0 unspecified atom stereocenters. The van der Waals surface area contributed by atoms with E-state index in [1.165, 1.54) is 22.5 Å². The summed E-state index contributed by atoms with van der Waals surface area (Å²) in [5, 5.41) is 6.72. The van der Waals surface area contributed by atoms with Crippen LogP contribution in [0, 0.1) is 0 Å². The third kappa shape index (κ3) is 2.86. The molecule has 1 amide bonds. The fraction of sp³-hybridized carbons (Fsp3) is 0.231. The van der Waals surface area contributed by atoms with Crippen molar-refractivity contribution in [2.75, 3.05) is 5.32 Å². The molecule has 0 radical (unpaired) electrons. The molecule has 2 heterocycles. The Balaban J connectivity index is 1.69. The molecule has 0 fully saturated rings. The highest BCUT2D eigenvalue weighted by Gasteiger charge is 2.24. The predicted molar refractivity (Wildman–Crippen MR) is 79.2 cm³/mol. The number of aromatic nitrogens is 1. The standard InChI is InChI=1S/C13H12BrN3OS/c14-11-7-16-13(19-11)17-12(18)10-5-8-3-1-2-4-9(8)6-15-10/h1-4,7,10,15H,5-6H2,(H,16,17,18)/t10-/m1/s1. The number of carbonyl (C=O) groups excluding carboxylic acids is 1. The Labute approximate surface area is 123 Å². The number of benzene rings is 1. The van der Waals surface area contributed by atoms with E-state index in [1.807, 2.05) is 12.1 Å². The first-order valence-electron chi connectivity index (χ1n) is 5.95. The summed E-state index contributed by atoms with van der Waals surface area (Å²) in [5.41, 5.74) is 2.50. The number of rotatable bonds is 2. The maximum atomic E-state index is 12.2. The molecule has 19 heavy (non-hydrogen) atoms. The highest BCUT2D eigenvalue weighted by atomic mass is 79.9. The molecule has 1 aliphatic heterocycles. The van der Waals surface area contributed by atoms with Gasteiger partial charge < -0.3 is 10.6 Å². The summed E-state index contributed by atoms with van der Waals surface area (Å²) in [7, 11) is 0. The third-order valence-electron chi connectivity index (χ3n) is 3.11. The zero-order chi connectivity index (χ0) is 13.2. The molecule has 1 aromatic carbocycles. The molecule has 0 spiro atoms. The highest BCUT2D eigenvalue weighted by molar-refractivity contribution is 9.11. The Bertz CT molecular complexity index is 613. The van der Waals surface area contributed by atoms with Crippen LogP contribution in [0.25, 0.3) is 0 Å². The number of nitrogens with one attached hydrogen (secondary N) is 2. The smallest absolute Gasteiger partial charge is 0.243 e. The van der Waals surface area contributed by atoms with Gasteiger partial charge in [0.05, 0.1) is 16.0 Å². The van der Waals surface area contributed by atoms with Gasteiger partial charge in [-0.2, -0.15) is 0 Å². The molecule has 1 atom stereocenters. The molecule has 0 aliphatic carbocycles. The van der Waals surface area contributed by atoms with Crippen molar-refractivity contribution in [3.8, 4) is 0 Å². The number of hydrogen-bond acceptors (Lipinski definition) is 4. The quantitative estimate of drug-likeness (QED) is 0.885. The molecular weight excluding hydrogens is 326 g/mol. The van der Waals surface area contributed by atoms with Crippen molar-refractivity contribution in [1.29, 1.82) is 0 Å². The largest absolute Gasteiger partial charge is 0.301 e. The van der Waals surface area contributed by atoms with Crippen molar-refractivity contribution in [1.82, 2.24) is 10.3 Å². The van der Waals surface area contributed by atoms with Gasteiger partial charge in [-0.1, -0.05) is 35.6 Å². The van der Waals surface area contributed by atoms with Crippen molar-refractivity contribution in [2.24, 2.45) is 0 Å². The zero-order valence-corrected chi connectivity index (χ0v) is 12.4. The number of carbonyl (C=O) groups is 1. The van der Waals surface area contributed by atoms with Gasteiger partial charge in [0.1, 0.15) is 0 Å². The fourth-order valence-corrected chi connectivity index (χ4v) is 3.25. The second-order valence-corrected chi connectivity index (χ2v) is 6.77. The van der Waals surface area contributed by atoms with Crippen LogP contribution in [0.15, 0.2) is 34.2 Å². The van der Waals surface area contributed by atoms with Crippen LogP contribution in [-0.4, -0.2) is 16.9 Å². The molecular formula is C13H12BrN3OS. The maximum absolute atomic E-state index is 12.2. The SMILES string of the molecule is O=C(Nc1ncc(Br)s1)[C@H]1Cc2ccccc2CN1. The van der Waals surface area contributed by atoms with E-state index in [1.54, 1.807) is 6.20 Å². The van der Waals surface area contributed by atoms with Gasteiger partial charge in [-0.05, 0) is 33.5 Å². The van der Waals surface area contributed by atoms with Gasteiger partial charge in [-0.15, -0.1) is 0 Å². The van der Waals surface area contributed by atoms with Crippen LogP contribution in [0.5, 0.6) is 0 Å². The van der Waals surface area contributed by atoms with Crippen LogP contribution in [0.1, 0.15) is 11.1 Å². The van der Waals surface area contributed by atoms with Crippen molar-refractivity contribution in [2.45, 2.75) is 19.0 Å². The first-order valence-corrected chi connectivity index (χ1v) is 7.55.